The van der Waals surface area contributed by atoms with E-state index in [-0.39, 0.29) is 5.91 Å². The van der Waals surface area contributed by atoms with E-state index in [9.17, 15) is 4.79 Å². The van der Waals surface area contributed by atoms with Crippen LogP contribution in [-0.4, -0.2) is 36.0 Å². The van der Waals surface area contributed by atoms with Gasteiger partial charge in [-0.15, -0.1) is 0 Å². The van der Waals surface area contributed by atoms with E-state index < -0.39 is 0 Å². The van der Waals surface area contributed by atoms with E-state index in [4.69, 9.17) is 0 Å². The van der Waals surface area contributed by atoms with Crippen molar-refractivity contribution < 1.29 is 4.79 Å². The lowest BCUT2D eigenvalue weighted by Gasteiger charge is -2.12. The van der Waals surface area contributed by atoms with Crippen LogP contribution in [0.2, 0.25) is 0 Å². The average molecular weight is 295 g/mol. The first-order valence-electron chi connectivity index (χ1n) is 7.06. The van der Waals surface area contributed by atoms with Crippen LogP contribution in [0, 0.1) is 12.8 Å². The van der Waals surface area contributed by atoms with Crippen LogP contribution >= 0.6 is 11.8 Å². The zero-order valence-electron chi connectivity index (χ0n) is 12.8. The zero-order valence-corrected chi connectivity index (χ0v) is 13.6. The number of aromatic nitrogens is 1. The van der Waals surface area contributed by atoms with Crippen LogP contribution in [0.25, 0.3) is 0 Å². The van der Waals surface area contributed by atoms with Crippen molar-refractivity contribution in [2.45, 2.75) is 27.2 Å². The lowest BCUT2D eigenvalue weighted by molar-refractivity contribution is 0.0949. The number of rotatable bonds is 8. The summed E-state index contributed by atoms with van der Waals surface area (Å²) >= 11 is 1.80. The van der Waals surface area contributed by atoms with E-state index in [2.05, 4.69) is 35.7 Å². The summed E-state index contributed by atoms with van der Waals surface area (Å²) in [5.41, 5.74) is 1.53. The standard InChI is InChI=1S/C15H25N3OS/c1-5-6-16-14-8-13(7-12(3)18-14)15(19)17-9-11(2)10-20-4/h7-8,11H,5-6,9-10H2,1-4H3,(H,16,18)(H,17,19). The highest BCUT2D eigenvalue weighted by Gasteiger charge is 2.10. The Kier molecular flexibility index (Phi) is 7.44. The molecule has 0 spiro atoms. The number of thioether (sulfide) groups is 1. The molecule has 0 saturated heterocycles. The Morgan fingerprint density at radius 2 is 2.20 bits per heavy atom. The van der Waals surface area contributed by atoms with Gasteiger partial charge in [-0.1, -0.05) is 13.8 Å². The third-order valence-electron chi connectivity index (χ3n) is 2.83. The van der Waals surface area contributed by atoms with Crippen molar-refractivity contribution in [2.75, 3.05) is 30.4 Å². The summed E-state index contributed by atoms with van der Waals surface area (Å²) in [6.07, 6.45) is 3.11. The van der Waals surface area contributed by atoms with Gasteiger partial charge < -0.3 is 10.6 Å². The van der Waals surface area contributed by atoms with E-state index in [1.807, 2.05) is 19.1 Å². The molecule has 20 heavy (non-hydrogen) atoms. The zero-order chi connectivity index (χ0) is 15.0. The summed E-state index contributed by atoms with van der Waals surface area (Å²) in [6.45, 7) is 7.72. The molecule has 1 aromatic rings. The summed E-state index contributed by atoms with van der Waals surface area (Å²) < 4.78 is 0. The topological polar surface area (TPSA) is 54.0 Å². The van der Waals surface area contributed by atoms with E-state index in [0.717, 1.165) is 30.2 Å². The highest BCUT2D eigenvalue weighted by Crippen LogP contribution is 2.11. The van der Waals surface area contributed by atoms with Crippen molar-refractivity contribution in [2.24, 2.45) is 5.92 Å². The average Bonchev–Trinajstić information content (AvgIpc) is 2.42. The van der Waals surface area contributed by atoms with Gasteiger partial charge in [0.15, 0.2) is 0 Å². The summed E-state index contributed by atoms with van der Waals surface area (Å²) in [7, 11) is 0. The fourth-order valence-electron chi connectivity index (χ4n) is 1.86. The van der Waals surface area contributed by atoms with Gasteiger partial charge in [0.05, 0.1) is 0 Å². The van der Waals surface area contributed by atoms with Crippen molar-refractivity contribution in [3.05, 3.63) is 23.4 Å². The predicted molar refractivity (Wildman–Crippen MR) is 87.6 cm³/mol. The molecule has 1 rings (SSSR count). The normalized spacial score (nSPS) is 12.0. The van der Waals surface area contributed by atoms with Crippen molar-refractivity contribution >= 4 is 23.5 Å². The Morgan fingerprint density at radius 3 is 2.85 bits per heavy atom. The number of nitrogens with zero attached hydrogens (tertiary/aromatic N) is 1. The van der Waals surface area contributed by atoms with Crippen molar-refractivity contribution in [3.63, 3.8) is 0 Å². The third-order valence-corrected chi connectivity index (χ3v) is 3.74. The molecule has 1 heterocycles. The molecule has 0 bridgehead atoms. The second-order valence-corrected chi connectivity index (χ2v) is 5.99. The molecule has 0 aliphatic heterocycles. The van der Waals surface area contributed by atoms with Gasteiger partial charge in [-0.25, -0.2) is 4.98 Å². The number of amides is 1. The molecule has 5 heteroatoms. The number of anilines is 1. The van der Waals surface area contributed by atoms with Crippen LogP contribution in [0.15, 0.2) is 12.1 Å². The van der Waals surface area contributed by atoms with Gasteiger partial charge in [0.2, 0.25) is 0 Å². The molecule has 0 radical (unpaired) electrons. The number of hydrogen-bond donors (Lipinski definition) is 2. The van der Waals surface area contributed by atoms with Gasteiger partial charge in [-0.3, -0.25) is 4.79 Å². The molecule has 2 N–H and O–H groups in total. The van der Waals surface area contributed by atoms with Crippen LogP contribution in [0.5, 0.6) is 0 Å². The fourth-order valence-corrected chi connectivity index (χ4v) is 2.54. The number of carbonyl (C=O) groups is 1. The highest BCUT2D eigenvalue weighted by molar-refractivity contribution is 7.98. The van der Waals surface area contributed by atoms with Gasteiger partial charge in [0.25, 0.3) is 5.91 Å². The number of nitrogens with one attached hydrogen (secondary N) is 2. The monoisotopic (exact) mass is 295 g/mol. The summed E-state index contributed by atoms with van der Waals surface area (Å²) in [4.78, 5) is 16.5. The van der Waals surface area contributed by atoms with Crippen molar-refractivity contribution in [3.8, 4) is 0 Å². The van der Waals surface area contributed by atoms with Crippen LogP contribution in [0.3, 0.4) is 0 Å². The first-order chi connectivity index (χ1) is 9.56. The molecule has 0 fully saturated rings. The minimum Gasteiger partial charge on any atom is -0.370 e. The predicted octanol–water partition coefficient (Wildman–Crippen LogP) is 2.94. The molecule has 0 saturated carbocycles. The molecule has 1 atom stereocenters. The maximum Gasteiger partial charge on any atom is 0.251 e. The Bertz CT molecular complexity index is 437. The van der Waals surface area contributed by atoms with Crippen LogP contribution in [0.1, 0.15) is 36.3 Å². The highest BCUT2D eigenvalue weighted by atomic mass is 32.2. The Hall–Kier alpha value is -1.23. The summed E-state index contributed by atoms with van der Waals surface area (Å²) in [5.74, 6) is 2.28. The second-order valence-electron chi connectivity index (χ2n) is 5.08. The first-order valence-corrected chi connectivity index (χ1v) is 8.45. The molecular weight excluding hydrogens is 270 g/mol. The van der Waals surface area contributed by atoms with Gasteiger partial charge in [0.1, 0.15) is 5.82 Å². The number of carbonyl (C=O) groups excluding carboxylic acids is 1. The van der Waals surface area contributed by atoms with E-state index in [0.29, 0.717) is 18.0 Å². The van der Waals surface area contributed by atoms with Gasteiger partial charge in [-0.2, -0.15) is 11.8 Å². The maximum atomic E-state index is 12.2. The molecule has 1 amide bonds. The molecule has 0 aromatic carbocycles. The van der Waals surface area contributed by atoms with Gasteiger partial charge in [0, 0.05) is 24.3 Å². The molecule has 4 nitrogen and oxygen atoms in total. The van der Waals surface area contributed by atoms with Crippen LogP contribution < -0.4 is 10.6 Å². The van der Waals surface area contributed by atoms with Crippen molar-refractivity contribution in [1.82, 2.24) is 10.3 Å². The van der Waals surface area contributed by atoms with Gasteiger partial charge >= 0.3 is 0 Å². The molecule has 1 unspecified atom stereocenters. The molecule has 1 aromatic heterocycles. The lowest BCUT2D eigenvalue weighted by atomic mass is 10.2. The quantitative estimate of drug-likeness (QED) is 0.774. The van der Waals surface area contributed by atoms with E-state index in [1.54, 1.807) is 11.8 Å². The van der Waals surface area contributed by atoms with E-state index >= 15 is 0 Å². The lowest BCUT2D eigenvalue weighted by Crippen LogP contribution is -2.29. The Labute approximate surface area is 126 Å². The SMILES string of the molecule is CCCNc1cc(C(=O)NCC(C)CSC)cc(C)n1. The second kappa shape index (κ2) is 8.84. The van der Waals surface area contributed by atoms with Crippen LogP contribution in [0.4, 0.5) is 5.82 Å². The third kappa shape index (κ3) is 5.82. The fraction of sp³-hybridized carbons (Fsp3) is 0.600. The van der Waals surface area contributed by atoms with Gasteiger partial charge in [-0.05, 0) is 43.4 Å². The summed E-state index contributed by atoms with van der Waals surface area (Å²) in [6, 6.07) is 3.64. The molecular formula is C15H25N3OS. The molecule has 0 aliphatic rings. The smallest absolute Gasteiger partial charge is 0.251 e. The Morgan fingerprint density at radius 1 is 1.45 bits per heavy atom. The number of aryl methyl sites for hydroxylation is 1. The largest absolute Gasteiger partial charge is 0.370 e. The molecule has 0 aliphatic carbocycles. The number of pyridine rings is 1. The first kappa shape index (κ1) is 16.8. The minimum absolute atomic E-state index is 0.0250. The summed E-state index contributed by atoms with van der Waals surface area (Å²) in [5, 5.41) is 6.21. The van der Waals surface area contributed by atoms with Crippen LogP contribution in [-0.2, 0) is 0 Å². The number of hydrogen-bond acceptors (Lipinski definition) is 4. The Balaban J connectivity index is 2.64. The van der Waals surface area contributed by atoms with E-state index in [1.165, 1.54) is 0 Å². The molecule has 112 valence electrons. The maximum absolute atomic E-state index is 12.2. The van der Waals surface area contributed by atoms with Crippen molar-refractivity contribution in [1.29, 1.82) is 0 Å². The minimum atomic E-state index is -0.0250.